The van der Waals surface area contributed by atoms with E-state index in [2.05, 4.69) is 41.8 Å². The lowest BCUT2D eigenvalue weighted by Crippen LogP contribution is -2.16. The van der Waals surface area contributed by atoms with Crippen molar-refractivity contribution in [3.63, 3.8) is 0 Å². The molecule has 2 N–H and O–H groups in total. The third kappa shape index (κ3) is 1.99. The highest BCUT2D eigenvalue weighted by Gasteiger charge is 2.08. The van der Waals surface area contributed by atoms with Gasteiger partial charge < -0.3 is 0 Å². The zero-order chi connectivity index (χ0) is 9.14. The van der Waals surface area contributed by atoms with Gasteiger partial charge in [0.15, 0.2) is 10.4 Å². The van der Waals surface area contributed by atoms with Gasteiger partial charge in [0.1, 0.15) is 10.9 Å². The summed E-state index contributed by atoms with van der Waals surface area (Å²) < 4.78 is 0.860. The van der Waals surface area contributed by atoms with Crippen molar-refractivity contribution >= 4 is 44.0 Å². The second kappa shape index (κ2) is 3.92. The number of nitrogens with zero attached hydrogens (tertiary/aromatic N) is 3. The Hall–Kier alpha value is -0.530. The maximum Gasteiger partial charge on any atom is 0.193 e. The van der Waals surface area contributed by atoms with E-state index >= 15 is 0 Å². The molecule has 0 aliphatic carbocycles. The summed E-state index contributed by atoms with van der Waals surface area (Å²) in [5, 5.41) is 16.4. The van der Waals surface area contributed by atoms with E-state index in [0.717, 1.165) is 6.34 Å². The minimum atomic E-state index is 0.166. The number of halogens is 2. The van der Waals surface area contributed by atoms with E-state index < -0.39 is 0 Å². The largest absolute Gasteiger partial charge is 0.289 e. The maximum absolute atomic E-state index is 9.07. The average Bonchev–Trinajstić information content (AvgIpc) is 2.08. The van der Waals surface area contributed by atoms with Crippen molar-refractivity contribution in [1.29, 1.82) is 5.41 Å². The topological polar surface area (TPSA) is 73.1 Å². The number of rotatable bonds is 2. The lowest BCUT2D eigenvalue weighted by atomic mass is 10.6. The Balaban J connectivity index is 3.12. The average molecular weight is 296 g/mol. The Labute approximate surface area is 85.2 Å². The summed E-state index contributed by atoms with van der Waals surface area (Å²) >= 11 is 6.16. The van der Waals surface area contributed by atoms with Crippen LogP contribution in [0.5, 0.6) is 0 Å². The monoisotopic (exact) mass is 294 g/mol. The fraction of sp³-hybridized carbons (Fsp3) is 0. The van der Waals surface area contributed by atoms with Crippen molar-refractivity contribution in [3.8, 4) is 0 Å². The fourth-order valence-corrected chi connectivity index (χ4v) is 1.19. The molecule has 0 amide bonds. The molecule has 0 fully saturated rings. The molecule has 1 rings (SSSR count). The highest BCUT2D eigenvalue weighted by molar-refractivity contribution is 9.11. The minimum absolute atomic E-state index is 0.166. The van der Waals surface area contributed by atoms with E-state index in [1.807, 2.05) is 0 Å². The summed E-state index contributed by atoms with van der Waals surface area (Å²) in [5.41, 5.74) is 0. The molecule has 0 aromatic carbocycles. The van der Waals surface area contributed by atoms with Gasteiger partial charge in [-0.15, -0.1) is 0 Å². The number of anilines is 1. The van der Waals surface area contributed by atoms with Gasteiger partial charge in [-0.25, -0.2) is 9.97 Å². The van der Waals surface area contributed by atoms with Crippen molar-refractivity contribution in [2.45, 2.75) is 0 Å². The summed E-state index contributed by atoms with van der Waals surface area (Å²) in [5.74, 6) is 0.166. The molecule has 0 radical (unpaired) electrons. The number of nitrogens with one attached hydrogen (secondary N) is 1. The summed E-state index contributed by atoms with van der Waals surface area (Å²) in [6.45, 7) is 0. The fourth-order valence-electron chi connectivity index (χ4n) is 0.551. The van der Waals surface area contributed by atoms with Gasteiger partial charge in [0.05, 0.1) is 6.20 Å². The van der Waals surface area contributed by atoms with Crippen LogP contribution in [0.25, 0.3) is 0 Å². The smallest absolute Gasteiger partial charge is 0.193 e. The third-order valence-electron chi connectivity index (χ3n) is 1.02. The summed E-state index contributed by atoms with van der Waals surface area (Å²) in [7, 11) is 0. The van der Waals surface area contributed by atoms with Gasteiger partial charge in [-0.3, -0.25) is 10.6 Å². The minimum Gasteiger partial charge on any atom is -0.289 e. The molecule has 64 valence electrons. The Morgan fingerprint density at radius 2 is 2.25 bits per heavy atom. The predicted octanol–water partition coefficient (Wildman–Crippen LogP) is 1.80. The molecular weight excluding hydrogens is 292 g/mol. The van der Waals surface area contributed by atoms with Crippen molar-refractivity contribution < 1.29 is 5.21 Å². The van der Waals surface area contributed by atoms with Gasteiger partial charge in [0.25, 0.3) is 0 Å². The van der Waals surface area contributed by atoms with Crippen LogP contribution in [-0.2, 0) is 0 Å². The maximum atomic E-state index is 9.07. The van der Waals surface area contributed by atoms with E-state index in [4.69, 9.17) is 10.6 Å². The number of aromatic nitrogens is 2. The number of hydrogen-bond acceptors (Lipinski definition) is 4. The predicted molar refractivity (Wildman–Crippen MR) is 50.5 cm³/mol. The Morgan fingerprint density at radius 1 is 1.58 bits per heavy atom. The second-order valence-electron chi connectivity index (χ2n) is 1.78. The summed E-state index contributed by atoms with van der Waals surface area (Å²) in [6, 6.07) is 0. The molecule has 5 nitrogen and oxygen atoms in total. The van der Waals surface area contributed by atoms with Crippen LogP contribution in [0.15, 0.2) is 15.4 Å². The number of hydrogen-bond donors (Lipinski definition) is 2. The highest BCUT2D eigenvalue weighted by Crippen LogP contribution is 2.21. The van der Waals surface area contributed by atoms with Crippen LogP contribution in [0.2, 0.25) is 0 Å². The van der Waals surface area contributed by atoms with Crippen molar-refractivity contribution in [3.05, 3.63) is 15.4 Å². The molecule has 0 aliphatic heterocycles. The van der Waals surface area contributed by atoms with Gasteiger partial charge in [-0.05, 0) is 31.9 Å². The molecule has 0 aliphatic rings. The van der Waals surface area contributed by atoms with E-state index in [-0.39, 0.29) is 5.82 Å². The van der Waals surface area contributed by atoms with E-state index in [1.165, 1.54) is 6.20 Å². The van der Waals surface area contributed by atoms with Crippen molar-refractivity contribution in [2.75, 3.05) is 5.06 Å². The number of hydroxylamine groups is 1. The first kappa shape index (κ1) is 9.56. The van der Waals surface area contributed by atoms with Crippen LogP contribution in [0.3, 0.4) is 0 Å². The highest BCUT2D eigenvalue weighted by atomic mass is 79.9. The Bertz CT molecular complexity index is 305. The van der Waals surface area contributed by atoms with Gasteiger partial charge in [-0.2, -0.15) is 5.06 Å². The molecule has 7 heteroatoms. The molecule has 1 heterocycles. The van der Waals surface area contributed by atoms with E-state index in [1.54, 1.807) is 0 Å². The molecule has 0 saturated carbocycles. The molecule has 0 unspecified atom stereocenters. The SMILES string of the molecule is N=CN(O)c1nc(Br)cnc1Br. The van der Waals surface area contributed by atoms with Crippen LogP contribution in [-0.4, -0.2) is 21.5 Å². The molecule has 12 heavy (non-hydrogen) atoms. The summed E-state index contributed by atoms with van der Waals surface area (Å²) in [6.07, 6.45) is 2.20. The molecule has 0 saturated heterocycles. The lowest BCUT2D eigenvalue weighted by Gasteiger charge is -2.09. The first-order chi connectivity index (χ1) is 5.65. The van der Waals surface area contributed by atoms with Gasteiger partial charge in [0.2, 0.25) is 0 Å². The Morgan fingerprint density at radius 3 is 2.83 bits per heavy atom. The van der Waals surface area contributed by atoms with Gasteiger partial charge in [0, 0.05) is 0 Å². The first-order valence-electron chi connectivity index (χ1n) is 2.82. The Kier molecular flexibility index (Phi) is 3.12. The summed E-state index contributed by atoms with van der Waals surface area (Å²) in [4.78, 5) is 7.73. The lowest BCUT2D eigenvalue weighted by molar-refractivity contribution is 0.311. The first-order valence-corrected chi connectivity index (χ1v) is 4.40. The molecule has 1 aromatic heterocycles. The standard InChI is InChI=1S/C5H4Br2N4O/c6-3-1-9-4(7)5(10-3)11(12)2-8/h1-2,8,12H. The van der Waals surface area contributed by atoms with Crippen LogP contribution in [0.4, 0.5) is 5.82 Å². The van der Waals surface area contributed by atoms with Crippen molar-refractivity contribution in [1.82, 2.24) is 9.97 Å². The quantitative estimate of drug-likeness (QED) is 0.496. The van der Waals surface area contributed by atoms with Crippen molar-refractivity contribution in [2.24, 2.45) is 0 Å². The van der Waals surface area contributed by atoms with Crippen LogP contribution >= 0.6 is 31.9 Å². The molecule has 1 aromatic rings. The molecular formula is C5H4Br2N4O. The third-order valence-corrected chi connectivity index (χ3v) is 1.96. The van der Waals surface area contributed by atoms with Crippen LogP contribution in [0.1, 0.15) is 0 Å². The molecule has 0 atom stereocenters. The second-order valence-corrected chi connectivity index (χ2v) is 3.34. The van der Waals surface area contributed by atoms with E-state index in [9.17, 15) is 0 Å². The normalized spacial score (nSPS) is 9.58. The van der Waals surface area contributed by atoms with Gasteiger partial charge >= 0.3 is 0 Å². The van der Waals surface area contributed by atoms with Gasteiger partial charge in [-0.1, -0.05) is 0 Å². The van der Waals surface area contributed by atoms with E-state index in [0.29, 0.717) is 14.3 Å². The molecule has 0 bridgehead atoms. The van der Waals surface area contributed by atoms with Crippen LogP contribution in [0, 0.1) is 5.41 Å². The van der Waals surface area contributed by atoms with Crippen LogP contribution < -0.4 is 5.06 Å². The molecule has 0 spiro atoms. The zero-order valence-corrected chi connectivity index (χ0v) is 8.87. The zero-order valence-electron chi connectivity index (χ0n) is 5.70.